The van der Waals surface area contributed by atoms with E-state index in [2.05, 4.69) is 15.5 Å². The third-order valence-corrected chi connectivity index (χ3v) is 1.10. The molecule has 0 atom stereocenters. The van der Waals surface area contributed by atoms with Gasteiger partial charge in [-0.1, -0.05) is 20.8 Å². The molecule has 4 nitrogen and oxygen atoms in total. The van der Waals surface area contributed by atoms with E-state index in [9.17, 15) is 4.79 Å². The first-order valence-corrected chi connectivity index (χ1v) is 4.11. The molecule has 0 radical (unpaired) electrons. The van der Waals surface area contributed by atoms with Gasteiger partial charge < -0.3 is 5.32 Å². The van der Waals surface area contributed by atoms with E-state index in [0.717, 1.165) is 0 Å². The van der Waals surface area contributed by atoms with Gasteiger partial charge in [0.25, 0.3) is 0 Å². The molecule has 2 N–H and O–H groups in total. The molecule has 0 unspecified atom stereocenters. The lowest BCUT2D eigenvalue weighted by atomic mass is 10.4. The number of H-pyrrole nitrogens is 1. The summed E-state index contributed by atoms with van der Waals surface area (Å²) in [5.74, 6) is 0.00130. The molecule has 1 rings (SSSR count). The van der Waals surface area contributed by atoms with Crippen molar-refractivity contribution in [3.05, 3.63) is 12.4 Å². The summed E-state index contributed by atoms with van der Waals surface area (Å²) in [6.45, 7) is 5.80. The van der Waals surface area contributed by atoms with Gasteiger partial charge in [0, 0.05) is 12.6 Å². The van der Waals surface area contributed by atoms with Crippen molar-refractivity contribution < 1.29 is 4.79 Å². The molecule has 0 aliphatic heterocycles. The van der Waals surface area contributed by atoms with Gasteiger partial charge in [-0.2, -0.15) is 5.10 Å². The average molecular weight is 169 g/mol. The second-order valence-electron chi connectivity index (χ2n) is 1.89. The van der Waals surface area contributed by atoms with E-state index >= 15 is 0 Å². The lowest BCUT2D eigenvalue weighted by Gasteiger charge is -1.95. The summed E-state index contributed by atoms with van der Waals surface area (Å²) < 4.78 is 0. The normalized spacial score (nSPS) is 8.25. The van der Waals surface area contributed by atoms with Crippen LogP contribution in [-0.4, -0.2) is 16.1 Å². The van der Waals surface area contributed by atoms with Crippen molar-refractivity contribution in [2.75, 3.05) is 5.32 Å². The van der Waals surface area contributed by atoms with Crippen molar-refractivity contribution in [2.24, 2.45) is 0 Å². The van der Waals surface area contributed by atoms with Gasteiger partial charge in [0.1, 0.15) is 0 Å². The zero-order chi connectivity index (χ0) is 9.40. The fourth-order valence-electron chi connectivity index (χ4n) is 0.569. The summed E-state index contributed by atoms with van der Waals surface area (Å²) in [7, 11) is 0. The maximum Gasteiger partial charge on any atom is 0.224 e. The number of nitrogens with zero attached hydrogens (tertiary/aromatic N) is 1. The third-order valence-electron chi connectivity index (χ3n) is 1.10. The lowest BCUT2D eigenvalue weighted by Crippen LogP contribution is -2.08. The minimum Gasteiger partial charge on any atom is -0.323 e. The molecule has 0 saturated heterocycles. The van der Waals surface area contributed by atoms with Gasteiger partial charge >= 0.3 is 0 Å². The maximum absolute atomic E-state index is 10.7. The summed E-state index contributed by atoms with van der Waals surface area (Å²) in [5.41, 5.74) is 0.715. The topological polar surface area (TPSA) is 57.8 Å². The summed E-state index contributed by atoms with van der Waals surface area (Å²) in [6.07, 6.45) is 3.69. The van der Waals surface area contributed by atoms with E-state index in [1.54, 1.807) is 19.3 Å². The van der Waals surface area contributed by atoms with Crippen LogP contribution in [-0.2, 0) is 4.79 Å². The van der Waals surface area contributed by atoms with Gasteiger partial charge in [0.15, 0.2) is 0 Å². The first kappa shape index (κ1) is 10.7. The Bertz CT molecular complexity index is 206. The summed E-state index contributed by atoms with van der Waals surface area (Å²) in [4.78, 5) is 10.7. The van der Waals surface area contributed by atoms with Crippen LogP contribution in [0.15, 0.2) is 12.4 Å². The van der Waals surface area contributed by atoms with Gasteiger partial charge in [-0.15, -0.1) is 0 Å². The van der Waals surface area contributed by atoms with Crippen LogP contribution in [0.25, 0.3) is 0 Å². The number of nitrogens with one attached hydrogen (secondary N) is 2. The predicted molar refractivity (Wildman–Crippen MR) is 48.9 cm³/mol. The molecule has 1 heterocycles. The molecule has 4 heteroatoms. The Balaban J connectivity index is 0.000000561. The maximum atomic E-state index is 10.7. The molecular formula is C8H15N3O. The Labute approximate surface area is 72.4 Å². The van der Waals surface area contributed by atoms with Crippen LogP contribution in [0, 0.1) is 0 Å². The Kier molecular flexibility index (Phi) is 5.69. The van der Waals surface area contributed by atoms with Crippen molar-refractivity contribution in [1.82, 2.24) is 10.2 Å². The SMILES string of the molecule is CC.CCC(=O)Nc1cn[nH]c1. The molecule has 1 amide bonds. The number of rotatable bonds is 2. The van der Waals surface area contributed by atoms with Crippen LogP contribution >= 0.6 is 0 Å². The van der Waals surface area contributed by atoms with Crippen LogP contribution < -0.4 is 5.32 Å². The largest absolute Gasteiger partial charge is 0.323 e. The van der Waals surface area contributed by atoms with E-state index in [4.69, 9.17) is 0 Å². The van der Waals surface area contributed by atoms with Crippen molar-refractivity contribution in [2.45, 2.75) is 27.2 Å². The highest BCUT2D eigenvalue weighted by Crippen LogP contribution is 2.00. The molecular weight excluding hydrogens is 154 g/mol. The van der Waals surface area contributed by atoms with Gasteiger partial charge in [-0.3, -0.25) is 9.89 Å². The van der Waals surface area contributed by atoms with E-state index < -0.39 is 0 Å². The number of hydrogen-bond acceptors (Lipinski definition) is 2. The van der Waals surface area contributed by atoms with E-state index in [1.807, 2.05) is 13.8 Å². The lowest BCUT2D eigenvalue weighted by molar-refractivity contribution is -0.115. The Morgan fingerprint density at radius 3 is 2.75 bits per heavy atom. The molecule has 0 aliphatic carbocycles. The van der Waals surface area contributed by atoms with Crippen molar-refractivity contribution in [3.63, 3.8) is 0 Å². The molecule has 68 valence electrons. The van der Waals surface area contributed by atoms with Crippen LogP contribution in [0.3, 0.4) is 0 Å². The van der Waals surface area contributed by atoms with Gasteiger partial charge in [-0.25, -0.2) is 0 Å². The van der Waals surface area contributed by atoms with Crippen molar-refractivity contribution in [1.29, 1.82) is 0 Å². The van der Waals surface area contributed by atoms with Gasteiger partial charge in [0.2, 0.25) is 5.91 Å². The second kappa shape index (κ2) is 6.39. The average Bonchev–Trinajstić information content (AvgIpc) is 2.60. The number of aromatic nitrogens is 2. The number of hydrogen-bond donors (Lipinski definition) is 2. The molecule has 1 aromatic rings. The highest BCUT2D eigenvalue weighted by atomic mass is 16.1. The quantitative estimate of drug-likeness (QED) is 0.709. The first-order valence-electron chi connectivity index (χ1n) is 4.11. The monoisotopic (exact) mass is 169 g/mol. The molecule has 0 saturated carbocycles. The summed E-state index contributed by atoms with van der Waals surface area (Å²) in [6, 6.07) is 0. The van der Waals surface area contributed by atoms with Crippen LogP contribution in [0.4, 0.5) is 5.69 Å². The van der Waals surface area contributed by atoms with Crippen LogP contribution in [0.2, 0.25) is 0 Å². The number of carbonyl (C=O) groups is 1. The molecule has 0 spiro atoms. The highest BCUT2D eigenvalue weighted by Gasteiger charge is 1.97. The molecule has 12 heavy (non-hydrogen) atoms. The third kappa shape index (κ3) is 3.75. The number of amides is 1. The predicted octanol–water partition coefficient (Wildman–Crippen LogP) is 1.78. The summed E-state index contributed by atoms with van der Waals surface area (Å²) in [5, 5.41) is 8.90. The Morgan fingerprint density at radius 2 is 2.33 bits per heavy atom. The number of anilines is 1. The van der Waals surface area contributed by atoms with Gasteiger partial charge in [-0.05, 0) is 0 Å². The zero-order valence-corrected chi connectivity index (χ0v) is 7.72. The van der Waals surface area contributed by atoms with Gasteiger partial charge in [0.05, 0.1) is 11.9 Å². The Morgan fingerprint density at radius 1 is 1.67 bits per heavy atom. The number of carbonyl (C=O) groups excluding carboxylic acids is 1. The van der Waals surface area contributed by atoms with Crippen LogP contribution in [0.5, 0.6) is 0 Å². The van der Waals surface area contributed by atoms with E-state index in [-0.39, 0.29) is 5.91 Å². The molecule has 0 bridgehead atoms. The first-order chi connectivity index (χ1) is 5.83. The second-order valence-corrected chi connectivity index (χ2v) is 1.89. The molecule has 1 aromatic heterocycles. The van der Waals surface area contributed by atoms with E-state index in [1.165, 1.54) is 0 Å². The fourth-order valence-corrected chi connectivity index (χ4v) is 0.569. The van der Waals surface area contributed by atoms with E-state index in [0.29, 0.717) is 12.1 Å². The summed E-state index contributed by atoms with van der Waals surface area (Å²) >= 11 is 0. The standard InChI is InChI=1S/C6H9N3O.C2H6/c1-2-6(10)9-5-3-7-8-4-5;1-2/h3-4H,2H2,1H3,(H,7,8)(H,9,10);1-2H3. The zero-order valence-electron chi connectivity index (χ0n) is 7.72. The molecule has 0 aromatic carbocycles. The highest BCUT2D eigenvalue weighted by molar-refractivity contribution is 5.90. The Hall–Kier alpha value is -1.32. The smallest absolute Gasteiger partial charge is 0.224 e. The fraction of sp³-hybridized carbons (Fsp3) is 0.500. The van der Waals surface area contributed by atoms with Crippen molar-refractivity contribution >= 4 is 11.6 Å². The molecule has 0 aliphatic rings. The minimum absolute atomic E-state index is 0.00130. The number of aromatic amines is 1. The van der Waals surface area contributed by atoms with Crippen molar-refractivity contribution in [3.8, 4) is 0 Å². The molecule has 0 fully saturated rings. The van der Waals surface area contributed by atoms with Crippen LogP contribution in [0.1, 0.15) is 27.2 Å². The minimum atomic E-state index is 0.00130.